The molecule has 0 aliphatic carbocycles. The summed E-state index contributed by atoms with van der Waals surface area (Å²) < 4.78 is 31.3. The van der Waals surface area contributed by atoms with Crippen molar-refractivity contribution in [1.82, 2.24) is 9.21 Å². The lowest BCUT2D eigenvalue weighted by molar-refractivity contribution is 0.0132. The molecule has 1 aromatic carbocycles. The number of hydrogen-bond donors (Lipinski definition) is 0. The van der Waals surface area contributed by atoms with Gasteiger partial charge in [-0.2, -0.15) is 9.57 Å². The van der Waals surface area contributed by atoms with E-state index in [4.69, 9.17) is 10.00 Å². The average molecular weight is 351 g/mol. The van der Waals surface area contributed by atoms with E-state index in [-0.39, 0.29) is 23.5 Å². The van der Waals surface area contributed by atoms with Crippen molar-refractivity contribution in [2.24, 2.45) is 0 Å². The van der Waals surface area contributed by atoms with Gasteiger partial charge in [-0.3, -0.25) is 4.79 Å². The van der Waals surface area contributed by atoms with Crippen LogP contribution in [0, 0.1) is 11.3 Å². The van der Waals surface area contributed by atoms with Crippen molar-refractivity contribution in [3.8, 4) is 6.07 Å². The summed E-state index contributed by atoms with van der Waals surface area (Å²) in [6.07, 6.45) is 0. The lowest BCUT2D eigenvalue weighted by Crippen LogP contribution is -2.47. The molecular formula is C16H21N3O4S. The summed E-state index contributed by atoms with van der Waals surface area (Å²) in [6.45, 7) is 4.49. The third kappa shape index (κ3) is 3.59. The number of hydrogen-bond acceptors (Lipinski definition) is 5. The fraction of sp³-hybridized carbons (Fsp3) is 0.500. The molecule has 130 valence electrons. The van der Waals surface area contributed by atoms with Crippen LogP contribution in [0.3, 0.4) is 0 Å². The second-order valence-electron chi connectivity index (χ2n) is 5.86. The van der Waals surface area contributed by atoms with E-state index in [1.165, 1.54) is 40.5 Å². The summed E-state index contributed by atoms with van der Waals surface area (Å²) in [6, 6.07) is 7.05. The van der Waals surface area contributed by atoms with E-state index in [9.17, 15) is 13.2 Å². The molecule has 7 nitrogen and oxygen atoms in total. The molecule has 1 heterocycles. The monoisotopic (exact) mass is 351 g/mol. The molecule has 0 radical (unpaired) electrons. The van der Waals surface area contributed by atoms with Gasteiger partial charge in [0.05, 0.1) is 24.2 Å². The van der Waals surface area contributed by atoms with Crippen LogP contribution < -0.4 is 0 Å². The van der Waals surface area contributed by atoms with E-state index >= 15 is 0 Å². The van der Waals surface area contributed by atoms with E-state index in [2.05, 4.69) is 0 Å². The molecule has 8 heteroatoms. The summed E-state index contributed by atoms with van der Waals surface area (Å²) in [4.78, 5) is 14.1. The number of carbonyl (C=O) groups excluding carboxylic acids is 1. The third-order valence-corrected chi connectivity index (χ3v) is 6.09. The number of ether oxygens (including phenoxy) is 1. The van der Waals surface area contributed by atoms with Gasteiger partial charge in [0.15, 0.2) is 0 Å². The van der Waals surface area contributed by atoms with Crippen LogP contribution >= 0.6 is 0 Å². The SMILES string of the molecule is CC(C)N(C)S(=O)(=O)c1ccc(C(=O)N2CCOC[C@H]2C#N)cc1. The second kappa shape index (κ2) is 7.30. The first-order valence-electron chi connectivity index (χ1n) is 7.65. The van der Waals surface area contributed by atoms with E-state index in [0.29, 0.717) is 18.7 Å². The van der Waals surface area contributed by atoms with Crippen LogP contribution in [-0.4, -0.2) is 62.4 Å². The molecule has 1 aliphatic heterocycles. The van der Waals surface area contributed by atoms with Gasteiger partial charge in [-0.25, -0.2) is 8.42 Å². The maximum absolute atomic E-state index is 12.5. The molecule has 0 aromatic heterocycles. The van der Waals surface area contributed by atoms with Crippen molar-refractivity contribution >= 4 is 15.9 Å². The van der Waals surface area contributed by atoms with E-state index < -0.39 is 16.1 Å². The Morgan fingerprint density at radius 2 is 2.00 bits per heavy atom. The summed E-state index contributed by atoms with van der Waals surface area (Å²) in [5.41, 5.74) is 0.350. The lowest BCUT2D eigenvalue weighted by atomic mass is 10.1. The van der Waals surface area contributed by atoms with Crippen LogP contribution in [0.25, 0.3) is 0 Å². The molecule has 1 aromatic rings. The highest BCUT2D eigenvalue weighted by Gasteiger charge is 2.28. The molecule has 1 saturated heterocycles. The van der Waals surface area contributed by atoms with E-state index in [1.54, 1.807) is 13.8 Å². The van der Waals surface area contributed by atoms with Gasteiger partial charge in [0.2, 0.25) is 10.0 Å². The van der Waals surface area contributed by atoms with Crippen LogP contribution in [0.1, 0.15) is 24.2 Å². The zero-order valence-corrected chi connectivity index (χ0v) is 14.8. The molecule has 1 fully saturated rings. The molecule has 0 N–H and O–H groups in total. The Balaban J connectivity index is 2.23. The Kier molecular flexibility index (Phi) is 5.59. The van der Waals surface area contributed by atoms with Gasteiger partial charge in [0.25, 0.3) is 5.91 Å². The first kappa shape index (κ1) is 18.4. The van der Waals surface area contributed by atoms with Crippen LogP contribution in [0.15, 0.2) is 29.2 Å². The highest BCUT2D eigenvalue weighted by atomic mass is 32.2. The quantitative estimate of drug-likeness (QED) is 0.809. The van der Waals surface area contributed by atoms with Crippen molar-refractivity contribution < 1.29 is 17.9 Å². The van der Waals surface area contributed by atoms with E-state index in [1.807, 2.05) is 6.07 Å². The molecule has 24 heavy (non-hydrogen) atoms. The molecule has 1 atom stereocenters. The molecule has 2 rings (SSSR count). The molecule has 0 spiro atoms. The summed E-state index contributed by atoms with van der Waals surface area (Å²) in [5.74, 6) is -0.300. The van der Waals surface area contributed by atoms with Gasteiger partial charge >= 0.3 is 0 Å². The lowest BCUT2D eigenvalue weighted by Gasteiger charge is -2.31. The number of nitrogens with zero attached hydrogens (tertiary/aromatic N) is 3. The van der Waals surface area contributed by atoms with Crippen molar-refractivity contribution in [1.29, 1.82) is 5.26 Å². The number of benzene rings is 1. The van der Waals surface area contributed by atoms with Crippen molar-refractivity contribution in [2.75, 3.05) is 26.8 Å². The van der Waals surface area contributed by atoms with Gasteiger partial charge in [0.1, 0.15) is 6.04 Å². The Morgan fingerprint density at radius 3 is 2.54 bits per heavy atom. The summed E-state index contributed by atoms with van der Waals surface area (Å²) in [7, 11) is -2.07. The van der Waals surface area contributed by atoms with Gasteiger partial charge in [-0.15, -0.1) is 0 Å². The molecular weight excluding hydrogens is 330 g/mol. The van der Waals surface area contributed by atoms with Crippen LogP contribution in [-0.2, 0) is 14.8 Å². The fourth-order valence-corrected chi connectivity index (χ4v) is 3.70. The van der Waals surface area contributed by atoms with E-state index in [0.717, 1.165) is 0 Å². The zero-order valence-electron chi connectivity index (χ0n) is 14.0. The minimum absolute atomic E-state index is 0.133. The molecule has 0 bridgehead atoms. The third-order valence-electron chi connectivity index (χ3n) is 4.04. The van der Waals surface area contributed by atoms with Crippen LogP contribution in [0.2, 0.25) is 0 Å². The summed E-state index contributed by atoms with van der Waals surface area (Å²) >= 11 is 0. The Morgan fingerprint density at radius 1 is 1.38 bits per heavy atom. The Hall–Kier alpha value is -1.95. The normalized spacial score (nSPS) is 18.7. The number of rotatable bonds is 4. The summed E-state index contributed by atoms with van der Waals surface area (Å²) in [5, 5.41) is 9.11. The highest BCUT2D eigenvalue weighted by molar-refractivity contribution is 7.89. The molecule has 1 aliphatic rings. The average Bonchev–Trinajstić information content (AvgIpc) is 2.60. The first-order valence-corrected chi connectivity index (χ1v) is 9.09. The second-order valence-corrected chi connectivity index (χ2v) is 7.86. The number of nitriles is 1. The fourth-order valence-electron chi connectivity index (χ4n) is 2.33. The van der Waals surface area contributed by atoms with Crippen molar-refractivity contribution in [3.63, 3.8) is 0 Å². The number of sulfonamides is 1. The Bertz CT molecular complexity index is 738. The minimum Gasteiger partial charge on any atom is -0.376 e. The maximum atomic E-state index is 12.5. The van der Waals surface area contributed by atoms with Gasteiger partial charge in [-0.05, 0) is 38.1 Å². The number of carbonyl (C=O) groups is 1. The van der Waals surface area contributed by atoms with Gasteiger partial charge in [-0.1, -0.05) is 0 Å². The van der Waals surface area contributed by atoms with Crippen LogP contribution in [0.5, 0.6) is 0 Å². The highest BCUT2D eigenvalue weighted by Crippen LogP contribution is 2.19. The maximum Gasteiger partial charge on any atom is 0.255 e. The van der Waals surface area contributed by atoms with Gasteiger partial charge in [0, 0.05) is 25.2 Å². The van der Waals surface area contributed by atoms with Gasteiger partial charge < -0.3 is 9.64 Å². The predicted molar refractivity (Wildman–Crippen MR) is 87.8 cm³/mol. The van der Waals surface area contributed by atoms with Crippen molar-refractivity contribution in [3.05, 3.63) is 29.8 Å². The van der Waals surface area contributed by atoms with Crippen LogP contribution in [0.4, 0.5) is 0 Å². The molecule has 1 amide bonds. The minimum atomic E-state index is -3.58. The molecule has 0 saturated carbocycles. The predicted octanol–water partition coefficient (Wildman–Crippen LogP) is 1.08. The Labute approximate surface area is 142 Å². The smallest absolute Gasteiger partial charge is 0.255 e. The number of morpholine rings is 1. The standard InChI is InChI=1S/C16H21N3O4S/c1-12(2)18(3)24(21,22)15-6-4-13(5-7-15)16(20)19-8-9-23-11-14(19)10-17/h4-7,12,14H,8-9,11H2,1-3H3/t14-/m1/s1. The largest absolute Gasteiger partial charge is 0.376 e. The number of amides is 1. The zero-order chi connectivity index (χ0) is 17.9. The van der Waals surface area contributed by atoms with Crippen molar-refractivity contribution in [2.45, 2.75) is 30.8 Å². The topological polar surface area (TPSA) is 90.7 Å². The molecule has 0 unspecified atom stereocenters. The first-order chi connectivity index (χ1) is 11.3.